The molecule has 1 aromatic heterocycles. The number of fused-ring (bicyclic) bond motifs is 1. The molecule has 264 valence electrons. The van der Waals surface area contributed by atoms with Crippen LogP contribution in [0.1, 0.15) is 73.0 Å². The second-order valence-corrected chi connectivity index (χ2v) is 19.0. The van der Waals surface area contributed by atoms with E-state index in [-0.39, 0.29) is 34.5 Å². The number of thiazole rings is 1. The molecule has 3 rings (SSSR count). The fraction of sp³-hybridized carbons (Fsp3) is 0.742. The highest BCUT2D eigenvalue weighted by molar-refractivity contribution is 7.91. The average molecular weight is 698 g/mol. The van der Waals surface area contributed by atoms with Gasteiger partial charge in [-0.2, -0.15) is 4.31 Å². The molecule has 0 spiro atoms. The van der Waals surface area contributed by atoms with E-state index in [0.29, 0.717) is 10.7 Å². The second kappa shape index (κ2) is 13.1. The van der Waals surface area contributed by atoms with Gasteiger partial charge in [0.15, 0.2) is 4.21 Å². The lowest BCUT2D eigenvalue weighted by Crippen LogP contribution is -2.62. The number of carbonyl (C=O) groups is 5. The summed E-state index contributed by atoms with van der Waals surface area (Å²) in [5.41, 5.74) is 3.94. The monoisotopic (exact) mass is 697 g/mol. The Bertz CT molecular complexity index is 1540. The number of nitrogens with two attached hydrogens (primary N) is 1. The predicted octanol–water partition coefficient (Wildman–Crippen LogP) is 1.55. The Hall–Kier alpha value is -3.11. The molecule has 2 fully saturated rings. The zero-order valence-corrected chi connectivity index (χ0v) is 31.1. The minimum Gasteiger partial charge on any atom is -0.363 e. The van der Waals surface area contributed by atoms with Crippen molar-refractivity contribution in [3.8, 4) is 0 Å². The number of nitrogens with one attached hydrogen (secondary N) is 3. The summed E-state index contributed by atoms with van der Waals surface area (Å²) in [6.07, 6.45) is 0. The molecule has 6 atom stereocenters. The summed E-state index contributed by atoms with van der Waals surface area (Å²) in [4.78, 5) is 70.5. The summed E-state index contributed by atoms with van der Waals surface area (Å²) in [6, 6.07) is -4.47. The fourth-order valence-electron chi connectivity index (χ4n) is 6.32. The van der Waals surface area contributed by atoms with E-state index in [1.54, 1.807) is 34.6 Å². The third-order valence-corrected chi connectivity index (χ3v) is 12.9. The van der Waals surface area contributed by atoms with Crippen molar-refractivity contribution in [2.24, 2.45) is 33.8 Å². The Balaban J connectivity index is 1.82. The number of ketones is 1. The number of amides is 5. The van der Waals surface area contributed by atoms with Crippen molar-refractivity contribution in [2.45, 2.75) is 105 Å². The number of hydrogen-bond acceptors (Lipinski definition) is 9. The molecule has 1 saturated heterocycles. The van der Waals surface area contributed by atoms with Gasteiger partial charge in [-0.15, -0.1) is 11.3 Å². The maximum Gasteiger partial charge on any atom is 0.315 e. The number of likely N-dealkylation sites (tertiary alicyclic amines) is 1. The van der Waals surface area contributed by atoms with E-state index in [4.69, 9.17) is 5.73 Å². The molecular weight excluding hydrogens is 647 g/mol. The molecule has 5 N–H and O–H groups in total. The number of aryl methyl sites for hydroxylation is 2. The maximum absolute atomic E-state index is 14.2. The van der Waals surface area contributed by atoms with Crippen molar-refractivity contribution in [3.63, 3.8) is 0 Å². The van der Waals surface area contributed by atoms with Crippen LogP contribution >= 0.6 is 11.3 Å². The van der Waals surface area contributed by atoms with Crippen molar-refractivity contribution in [1.29, 1.82) is 0 Å². The number of sulfonamides is 1. The number of piperidine rings is 1. The number of hydrogen-bond donors (Lipinski definition) is 4. The molecule has 1 saturated carbocycles. The largest absolute Gasteiger partial charge is 0.363 e. The first kappa shape index (κ1) is 38.3. The first-order valence-electron chi connectivity index (χ1n) is 15.6. The van der Waals surface area contributed by atoms with Gasteiger partial charge in [-0.1, -0.05) is 55.4 Å². The fourth-order valence-corrected chi connectivity index (χ4v) is 9.18. The summed E-state index contributed by atoms with van der Waals surface area (Å²) in [5.74, 6) is -3.29. The van der Waals surface area contributed by atoms with Gasteiger partial charge >= 0.3 is 6.03 Å². The van der Waals surface area contributed by atoms with E-state index in [1.807, 2.05) is 34.6 Å². The van der Waals surface area contributed by atoms with Gasteiger partial charge in [-0.25, -0.2) is 18.2 Å². The van der Waals surface area contributed by atoms with E-state index in [1.165, 1.54) is 23.2 Å². The third kappa shape index (κ3) is 7.96. The standard InChI is InChI=1S/C31H51N7O7S2/c1-15(22(39)24(32)40)34-25(41)21-20-18(31(20,10)11)13-38(21)26(42)23(30(7,8)9)36-28(43)35-19(29(4,5)6)14-37(12)47(44,45)27-16(2)33-17(3)46-27/h15,18-21,23H,13-14H2,1-12H3,(H2,32,40)(H,34,41)(H2,35,36,43)/t15?,18-,19+,20-,21-,23+/m0/s1. The lowest BCUT2D eigenvalue weighted by atomic mass is 9.85. The average Bonchev–Trinajstić information content (AvgIpc) is 3.23. The first-order valence-corrected chi connectivity index (χ1v) is 17.9. The SMILES string of the molecule is Cc1nc(C)c(S(=O)(=O)N(C)C[C@@H](NC(=O)N[C@H](C(=O)N2C[C@H]3[C@@H]([C@H]2C(=O)NC(C)C(=O)C(N)=O)C3(C)C)C(C)(C)C)C(C)(C)C)s1. The zero-order valence-electron chi connectivity index (χ0n) is 29.5. The van der Waals surface area contributed by atoms with Gasteiger partial charge in [-0.3, -0.25) is 19.2 Å². The molecule has 16 heteroatoms. The molecule has 0 bridgehead atoms. The quantitative estimate of drug-likeness (QED) is 0.250. The number of carbonyl (C=O) groups excluding carboxylic acids is 5. The molecule has 1 aromatic rings. The van der Waals surface area contributed by atoms with Gasteiger partial charge in [0.2, 0.25) is 17.6 Å². The van der Waals surface area contributed by atoms with Crippen LogP contribution in [-0.4, -0.2) is 96.4 Å². The van der Waals surface area contributed by atoms with Crippen LogP contribution < -0.4 is 21.7 Å². The van der Waals surface area contributed by atoms with Crippen LogP contribution in [0.25, 0.3) is 0 Å². The Morgan fingerprint density at radius 2 is 1.62 bits per heavy atom. The molecule has 2 aliphatic rings. The highest BCUT2D eigenvalue weighted by Crippen LogP contribution is 2.65. The Morgan fingerprint density at radius 1 is 1.04 bits per heavy atom. The number of urea groups is 1. The number of aromatic nitrogens is 1. The van der Waals surface area contributed by atoms with Gasteiger partial charge in [-0.05, 0) is 48.9 Å². The van der Waals surface area contributed by atoms with Crippen LogP contribution in [-0.2, 0) is 29.2 Å². The molecule has 5 amide bonds. The highest BCUT2D eigenvalue weighted by Gasteiger charge is 2.69. The number of Topliss-reactive ketones (excluding diaryl/α,β-unsaturated/α-hetero) is 1. The summed E-state index contributed by atoms with van der Waals surface area (Å²) >= 11 is 1.09. The minimum absolute atomic E-state index is 0.0347. The van der Waals surface area contributed by atoms with Crippen LogP contribution in [0.5, 0.6) is 0 Å². The van der Waals surface area contributed by atoms with E-state index in [2.05, 4.69) is 20.9 Å². The Morgan fingerprint density at radius 3 is 2.09 bits per heavy atom. The lowest BCUT2D eigenvalue weighted by Gasteiger charge is -2.39. The van der Waals surface area contributed by atoms with E-state index < -0.39 is 74.6 Å². The van der Waals surface area contributed by atoms with E-state index in [0.717, 1.165) is 11.3 Å². The molecular formula is C31H51N7O7S2. The number of likely N-dealkylation sites (N-methyl/N-ethyl adjacent to an activating group) is 1. The number of nitrogens with zero attached hydrogens (tertiary/aromatic N) is 3. The second-order valence-electron chi connectivity index (χ2n) is 15.6. The van der Waals surface area contributed by atoms with E-state index >= 15 is 0 Å². The van der Waals surface area contributed by atoms with Crippen LogP contribution in [0.15, 0.2) is 4.21 Å². The first-order chi connectivity index (χ1) is 21.2. The molecule has 1 unspecified atom stereocenters. The number of primary amides is 1. The maximum atomic E-state index is 14.2. The van der Waals surface area contributed by atoms with Gasteiger partial charge in [0.1, 0.15) is 12.1 Å². The zero-order chi connectivity index (χ0) is 36.2. The smallest absolute Gasteiger partial charge is 0.315 e. The third-order valence-electron chi connectivity index (χ3n) is 9.44. The van der Waals surface area contributed by atoms with Crippen molar-refractivity contribution in [3.05, 3.63) is 10.7 Å². The molecule has 14 nitrogen and oxygen atoms in total. The highest BCUT2D eigenvalue weighted by atomic mass is 32.2. The molecule has 1 aliphatic heterocycles. The lowest BCUT2D eigenvalue weighted by molar-refractivity contribution is -0.144. The Labute approximate surface area is 282 Å². The summed E-state index contributed by atoms with van der Waals surface area (Å²) < 4.78 is 28.1. The minimum atomic E-state index is -3.88. The molecule has 0 aromatic carbocycles. The van der Waals surface area contributed by atoms with Crippen molar-refractivity contribution in [2.75, 3.05) is 20.1 Å². The van der Waals surface area contributed by atoms with Gasteiger partial charge in [0.05, 0.1) is 16.7 Å². The van der Waals surface area contributed by atoms with Crippen LogP contribution in [0, 0.1) is 41.9 Å². The van der Waals surface area contributed by atoms with Gasteiger partial charge in [0.25, 0.3) is 15.9 Å². The molecule has 0 radical (unpaired) electrons. The molecule has 47 heavy (non-hydrogen) atoms. The normalized spacial score (nSPS) is 22.6. The molecule has 2 heterocycles. The van der Waals surface area contributed by atoms with Crippen molar-refractivity contribution < 1.29 is 32.4 Å². The van der Waals surface area contributed by atoms with Crippen LogP contribution in [0.2, 0.25) is 0 Å². The van der Waals surface area contributed by atoms with Crippen molar-refractivity contribution >= 4 is 50.9 Å². The summed E-state index contributed by atoms with van der Waals surface area (Å²) in [7, 11) is -2.43. The van der Waals surface area contributed by atoms with Crippen LogP contribution in [0.4, 0.5) is 4.79 Å². The summed E-state index contributed by atoms with van der Waals surface area (Å²) in [5, 5.41) is 8.89. The van der Waals surface area contributed by atoms with Crippen LogP contribution in [0.3, 0.4) is 0 Å². The van der Waals surface area contributed by atoms with Gasteiger partial charge in [0, 0.05) is 26.2 Å². The van der Waals surface area contributed by atoms with E-state index in [9.17, 15) is 32.4 Å². The molecule has 1 aliphatic carbocycles. The number of rotatable bonds is 11. The topological polar surface area (TPSA) is 201 Å². The van der Waals surface area contributed by atoms with Gasteiger partial charge < -0.3 is 26.6 Å². The Kier molecular flexibility index (Phi) is 10.7. The predicted molar refractivity (Wildman–Crippen MR) is 178 cm³/mol. The summed E-state index contributed by atoms with van der Waals surface area (Å²) in [6.45, 7) is 20.0. The van der Waals surface area contributed by atoms with Crippen molar-refractivity contribution in [1.82, 2.24) is 30.1 Å².